The van der Waals surface area contributed by atoms with Crippen LogP contribution in [-0.4, -0.2) is 12.3 Å². The number of benzene rings is 4. The molecule has 0 bridgehead atoms. The molecule has 142 valence electrons. The van der Waals surface area contributed by atoms with Crippen LogP contribution in [0, 0.1) is 0 Å². The van der Waals surface area contributed by atoms with Gasteiger partial charge in [0.2, 0.25) is 0 Å². The molecule has 2 aliphatic heterocycles. The molecule has 0 saturated heterocycles. The van der Waals surface area contributed by atoms with E-state index in [0.29, 0.717) is 6.61 Å². The van der Waals surface area contributed by atoms with Crippen LogP contribution in [0.2, 0.25) is 0 Å². The summed E-state index contributed by atoms with van der Waals surface area (Å²) < 4.78 is 11.9. The SMILES string of the molecule is c1ccc2c(c1)OCC1=Nc3ccc(-c4ccc5oc6ccccc6c5c4)cc3C12. The molecule has 30 heavy (non-hydrogen) atoms. The summed E-state index contributed by atoms with van der Waals surface area (Å²) in [5.41, 5.74) is 8.84. The summed E-state index contributed by atoms with van der Waals surface area (Å²) in [5, 5.41) is 2.30. The lowest BCUT2D eigenvalue weighted by Gasteiger charge is -2.24. The molecule has 0 saturated carbocycles. The van der Waals surface area contributed by atoms with Gasteiger partial charge in [-0.15, -0.1) is 0 Å². The van der Waals surface area contributed by atoms with Gasteiger partial charge in [-0.2, -0.15) is 0 Å². The number of fused-ring (bicyclic) bond motifs is 8. The van der Waals surface area contributed by atoms with Gasteiger partial charge in [0.1, 0.15) is 23.5 Å². The Morgan fingerprint density at radius 1 is 0.700 bits per heavy atom. The van der Waals surface area contributed by atoms with Gasteiger partial charge in [-0.1, -0.05) is 48.5 Å². The largest absolute Gasteiger partial charge is 0.487 e. The second-order valence-corrected chi connectivity index (χ2v) is 7.95. The molecule has 4 aromatic carbocycles. The highest BCUT2D eigenvalue weighted by Gasteiger charge is 2.34. The number of aliphatic imine (C=N–C) groups is 1. The average Bonchev–Trinajstić information content (AvgIpc) is 3.36. The minimum atomic E-state index is 0.184. The molecular formula is C27H17NO2. The summed E-state index contributed by atoms with van der Waals surface area (Å²) in [5.74, 6) is 1.15. The van der Waals surface area contributed by atoms with E-state index in [-0.39, 0.29) is 5.92 Å². The Kier molecular flexibility index (Phi) is 3.11. The van der Waals surface area contributed by atoms with Crippen molar-refractivity contribution in [3.63, 3.8) is 0 Å². The van der Waals surface area contributed by atoms with Gasteiger partial charge in [0.05, 0.1) is 17.3 Å². The summed E-state index contributed by atoms with van der Waals surface area (Å²) in [7, 11) is 0. The lowest BCUT2D eigenvalue weighted by atomic mass is 9.85. The molecular weight excluding hydrogens is 370 g/mol. The topological polar surface area (TPSA) is 34.7 Å². The summed E-state index contributed by atoms with van der Waals surface area (Å²) in [4.78, 5) is 4.87. The summed E-state index contributed by atoms with van der Waals surface area (Å²) in [6.07, 6.45) is 0. The zero-order valence-corrected chi connectivity index (χ0v) is 16.1. The first kappa shape index (κ1) is 16.0. The molecule has 1 atom stereocenters. The summed E-state index contributed by atoms with van der Waals surface area (Å²) in [6, 6.07) is 29.5. The van der Waals surface area contributed by atoms with Crippen molar-refractivity contribution in [2.24, 2.45) is 4.99 Å². The zero-order valence-electron chi connectivity index (χ0n) is 16.1. The molecule has 0 amide bonds. The fraction of sp³-hybridized carbons (Fsp3) is 0.0741. The molecule has 3 heteroatoms. The number of nitrogens with zero attached hydrogens (tertiary/aromatic N) is 1. The number of ether oxygens (including phenoxy) is 1. The molecule has 0 aliphatic carbocycles. The van der Waals surface area contributed by atoms with E-state index < -0.39 is 0 Å². The van der Waals surface area contributed by atoms with Gasteiger partial charge in [-0.05, 0) is 53.1 Å². The Morgan fingerprint density at radius 3 is 2.50 bits per heavy atom. The van der Waals surface area contributed by atoms with Gasteiger partial charge in [-0.3, -0.25) is 4.99 Å². The first-order valence-corrected chi connectivity index (χ1v) is 10.2. The third kappa shape index (κ3) is 2.17. The number of para-hydroxylation sites is 2. The number of hydrogen-bond donors (Lipinski definition) is 0. The molecule has 1 aromatic heterocycles. The van der Waals surface area contributed by atoms with E-state index in [1.54, 1.807) is 0 Å². The monoisotopic (exact) mass is 387 g/mol. The van der Waals surface area contributed by atoms with Crippen molar-refractivity contribution in [3.05, 3.63) is 96.1 Å². The normalized spacial score (nSPS) is 16.7. The zero-order chi connectivity index (χ0) is 19.7. The quantitative estimate of drug-likeness (QED) is 0.315. The lowest BCUT2D eigenvalue weighted by Crippen LogP contribution is -2.24. The average molecular weight is 387 g/mol. The van der Waals surface area contributed by atoms with Gasteiger partial charge in [0.15, 0.2) is 0 Å². The summed E-state index contributed by atoms with van der Waals surface area (Å²) >= 11 is 0. The molecule has 3 nitrogen and oxygen atoms in total. The highest BCUT2D eigenvalue weighted by Crippen LogP contribution is 2.46. The molecule has 0 spiro atoms. The summed E-state index contributed by atoms with van der Waals surface area (Å²) in [6.45, 7) is 0.554. The first-order valence-electron chi connectivity index (χ1n) is 10.2. The van der Waals surface area contributed by atoms with Crippen LogP contribution in [0.4, 0.5) is 5.69 Å². The van der Waals surface area contributed by atoms with Crippen LogP contribution in [0.25, 0.3) is 33.1 Å². The predicted octanol–water partition coefficient (Wildman–Crippen LogP) is 6.86. The van der Waals surface area contributed by atoms with E-state index in [2.05, 4.69) is 60.7 Å². The van der Waals surface area contributed by atoms with Crippen LogP contribution in [0.15, 0.2) is 94.3 Å². The van der Waals surface area contributed by atoms with Gasteiger partial charge in [-0.25, -0.2) is 0 Å². The molecule has 0 fully saturated rings. The Balaban J connectivity index is 1.39. The number of rotatable bonds is 1. The fourth-order valence-corrected chi connectivity index (χ4v) is 4.84. The van der Waals surface area contributed by atoms with Crippen molar-refractivity contribution in [1.29, 1.82) is 0 Å². The van der Waals surface area contributed by atoms with Crippen LogP contribution in [0.3, 0.4) is 0 Å². The maximum absolute atomic E-state index is 5.99. The van der Waals surface area contributed by atoms with Crippen LogP contribution >= 0.6 is 0 Å². The molecule has 5 aromatic rings. The van der Waals surface area contributed by atoms with E-state index in [9.17, 15) is 0 Å². The van der Waals surface area contributed by atoms with Crippen molar-refractivity contribution < 1.29 is 9.15 Å². The van der Waals surface area contributed by atoms with E-state index in [1.807, 2.05) is 24.3 Å². The number of furan rings is 1. The molecule has 1 unspecified atom stereocenters. The van der Waals surface area contributed by atoms with Crippen molar-refractivity contribution in [1.82, 2.24) is 0 Å². The second-order valence-electron chi connectivity index (χ2n) is 7.95. The van der Waals surface area contributed by atoms with E-state index >= 15 is 0 Å². The van der Waals surface area contributed by atoms with E-state index in [1.165, 1.54) is 22.3 Å². The maximum Gasteiger partial charge on any atom is 0.135 e. The van der Waals surface area contributed by atoms with Gasteiger partial charge >= 0.3 is 0 Å². The Morgan fingerprint density at radius 2 is 1.50 bits per heavy atom. The Bertz CT molecular complexity index is 1510. The highest BCUT2D eigenvalue weighted by molar-refractivity contribution is 6.07. The lowest BCUT2D eigenvalue weighted by molar-refractivity contribution is 0.359. The first-order chi connectivity index (χ1) is 14.8. The van der Waals surface area contributed by atoms with Gasteiger partial charge in [0.25, 0.3) is 0 Å². The van der Waals surface area contributed by atoms with Gasteiger partial charge in [0, 0.05) is 16.3 Å². The van der Waals surface area contributed by atoms with Crippen LogP contribution < -0.4 is 4.74 Å². The number of hydrogen-bond acceptors (Lipinski definition) is 3. The Labute approximate surface area is 173 Å². The third-order valence-corrected chi connectivity index (χ3v) is 6.25. The highest BCUT2D eigenvalue weighted by atomic mass is 16.5. The molecule has 2 aliphatic rings. The predicted molar refractivity (Wildman–Crippen MR) is 120 cm³/mol. The molecule has 7 rings (SSSR count). The van der Waals surface area contributed by atoms with Gasteiger partial charge < -0.3 is 9.15 Å². The van der Waals surface area contributed by atoms with Crippen molar-refractivity contribution in [3.8, 4) is 16.9 Å². The molecule has 0 radical (unpaired) electrons. The van der Waals surface area contributed by atoms with Crippen LogP contribution in [0.1, 0.15) is 17.0 Å². The van der Waals surface area contributed by atoms with Crippen LogP contribution in [-0.2, 0) is 0 Å². The third-order valence-electron chi connectivity index (χ3n) is 6.25. The van der Waals surface area contributed by atoms with E-state index in [4.69, 9.17) is 14.1 Å². The molecule has 0 N–H and O–H groups in total. The van der Waals surface area contributed by atoms with Crippen molar-refractivity contribution in [2.45, 2.75) is 5.92 Å². The van der Waals surface area contributed by atoms with Crippen LogP contribution in [0.5, 0.6) is 5.75 Å². The van der Waals surface area contributed by atoms with E-state index in [0.717, 1.165) is 39.1 Å². The maximum atomic E-state index is 5.99. The molecule has 3 heterocycles. The fourth-order valence-electron chi connectivity index (χ4n) is 4.84. The second kappa shape index (κ2) is 5.83. The minimum absolute atomic E-state index is 0.184. The van der Waals surface area contributed by atoms with Crippen molar-refractivity contribution in [2.75, 3.05) is 6.61 Å². The van der Waals surface area contributed by atoms with Crippen molar-refractivity contribution >= 4 is 33.3 Å². The smallest absolute Gasteiger partial charge is 0.135 e. The standard InChI is InChI=1S/C27H17NO2/c1-4-8-25-18(5-1)20-13-17(10-12-26(20)30-25)16-9-11-22-21(14-16)27-19-6-2-3-7-24(19)29-15-23(27)28-22/h1-14,27H,15H2. The Hall–Kier alpha value is -3.85. The minimum Gasteiger partial charge on any atom is -0.487 e.